The molecular weight excluding hydrogens is 396 g/mol. The predicted octanol–water partition coefficient (Wildman–Crippen LogP) is 3.74. The van der Waals surface area contributed by atoms with Crippen molar-refractivity contribution in [3.63, 3.8) is 0 Å². The molecule has 2 aromatic rings. The molecule has 31 heavy (non-hydrogen) atoms. The van der Waals surface area contributed by atoms with E-state index in [2.05, 4.69) is 12.0 Å². The highest BCUT2D eigenvalue weighted by atomic mass is 16.5. The lowest BCUT2D eigenvalue weighted by atomic mass is 10.0. The van der Waals surface area contributed by atoms with E-state index in [1.54, 1.807) is 30.3 Å². The van der Waals surface area contributed by atoms with Crippen LogP contribution in [-0.4, -0.2) is 36.5 Å². The van der Waals surface area contributed by atoms with E-state index in [1.807, 2.05) is 26.8 Å². The van der Waals surface area contributed by atoms with E-state index < -0.39 is 17.8 Å². The number of nitrogens with one attached hydrogen (secondary N) is 1. The Morgan fingerprint density at radius 1 is 1.10 bits per heavy atom. The lowest BCUT2D eigenvalue weighted by Crippen LogP contribution is -2.46. The standard InChI is InChI=1S/C24H28N2O5/c1-7-20-21(9-8-10-22(20)30-6)23(28)25-26(17(4)14-31-18(5)27)24(29)19-12-15(2)11-16(3)13-19/h8-13H,4,7,14H2,1-3,5-6H3,(H,25,28). The van der Waals surface area contributed by atoms with Crippen LogP contribution in [0.2, 0.25) is 0 Å². The van der Waals surface area contributed by atoms with Crippen molar-refractivity contribution >= 4 is 17.8 Å². The molecule has 7 nitrogen and oxygen atoms in total. The van der Waals surface area contributed by atoms with Gasteiger partial charge in [-0.25, -0.2) is 5.01 Å². The van der Waals surface area contributed by atoms with Gasteiger partial charge in [0, 0.05) is 23.6 Å². The fraction of sp³-hybridized carbons (Fsp3) is 0.292. The molecule has 0 fully saturated rings. The smallest absolute Gasteiger partial charge is 0.303 e. The number of benzene rings is 2. The fourth-order valence-electron chi connectivity index (χ4n) is 3.25. The quantitative estimate of drug-likeness (QED) is 0.541. The van der Waals surface area contributed by atoms with Crippen molar-refractivity contribution in [1.82, 2.24) is 10.4 Å². The van der Waals surface area contributed by atoms with Crippen molar-refractivity contribution < 1.29 is 23.9 Å². The van der Waals surface area contributed by atoms with Gasteiger partial charge in [0.05, 0.1) is 12.8 Å². The molecule has 2 rings (SSSR count). The predicted molar refractivity (Wildman–Crippen MR) is 118 cm³/mol. The van der Waals surface area contributed by atoms with E-state index in [1.165, 1.54) is 14.0 Å². The molecule has 0 radical (unpaired) electrons. The van der Waals surface area contributed by atoms with E-state index in [4.69, 9.17) is 9.47 Å². The summed E-state index contributed by atoms with van der Waals surface area (Å²) in [4.78, 5) is 37.6. The number of rotatable bonds is 7. The van der Waals surface area contributed by atoms with Gasteiger partial charge in [0.2, 0.25) is 0 Å². The number of nitrogens with zero attached hydrogens (tertiary/aromatic N) is 1. The summed E-state index contributed by atoms with van der Waals surface area (Å²) in [6.45, 7) is 10.5. The number of carbonyl (C=O) groups is 3. The van der Waals surface area contributed by atoms with Crippen LogP contribution >= 0.6 is 0 Å². The van der Waals surface area contributed by atoms with Crippen LogP contribution in [0.4, 0.5) is 0 Å². The first-order valence-electron chi connectivity index (χ1n) is 9.88. The third kappa shape index (κ3) is 5.94. The van der Waals surface area contributed by atoms with Crippen LogP contribution in [0, 0.1) is 13.8 Å². The number of hydrazine groups is 1. The highest BCUT2D eigenvalue weighted by Gasteiger charge is 2.24. The Morgan fingerprint density at radius 2 is 1.74 bits per heavy atom. The first-order chi connectivity index (χ1) is 14.7. The van der Waals surface area contributed by atoms with Crippen molar-refractivity contribution in [2.45, 2.75) is 34.1 Å². The summed E-state index contributed by atoms with van der Waals surface area (Å²) in [5.74, 6) is -0.927. The molecule has 164 valence electrons. The van der Waals surface area contributed by atoms with Crippen molar-refractivity contribution in [2.75, 3.05) is 13.7 Å². The van der Waals surface area contributed by atoms with Crippen molar-refractivity contribution in [3.8, 4) is 5.75 Å². The second-order valence-electron chi connectivity index (χ2n) is 7.14. The van der Waals surface area contributed by atoms with Crippen molar-refractivity contribution in [3.05, 3.63) is 76.5 Å². The molecule has 7 heteroatoms. The average molecular weight is 424 g/mol. The van der Waals surface area contributed by atoms with E-state index in [-0.39, 0.29) is 12.3 Å². The zero-order valence-corrected chi connectivity index (χ0v) is 18.6. The summed E-state index contributed by atoms with van der Waals surface area (Å²) in [6.07, 6.45) is 0.562. The number of esters is 1. The maximum absolute atomic E-state index is 13.3. The second kappa shape index (κ2) is 10.4. The molecule has 2 amide bonds. The Bertz CT molecular complexity index is 993. The molecule has 0 saturated carbocycles. The fourth-order valence-corrected chi connectivity index (χ4v) is 3.25. The van der Waals surface area contributed by atoms with Gasteiger partial charge in [-0.1, -0.05) is 36.8 Å². The average Bonchev–Trinajstić information content (AvgIpc) is 2.73. The summed E-state index contributed by atoms with van der Waals surface area (Å²) in [5, 5.41) is 1.03. The molecule has 0 aliphatic heterocycles. The molecule has 0 saturated heterocycles. The summed E-state index contributed by atoms with van der Waals surface area (Å²) in [5.41, 5.74) is 6.01. The number of carbonyl (C=O) groups excluding carboxylic acids is 3. The van der Waals surface area contributed by atoms with Crippen LogP contribution in [0.3, 0.4) is 0 Å². The Morgan fingerprint density at radius 3 is 2.29 bits per heavy atom. The Hall–Kier alpha value is -3.61. The van der Waals surface area contributed by atoms with E-state index >= 15 is 0 Å². The molecule has 0 atom stereocenters. The van der Waals surface area contributed by atoms with Crippen LogP contribution in [0.15, 0.2) is 48.7 Å². The molecule has 0 unspecified atom stereocenters. The van der Waals surface area contributed by atoms with E-state index in [0.29, 0.717) is 28.9 Å². The lowest BCUT2D eigenvalue weighted by Gasteiger charge is -2.26. The highest BCUT2D eigenvalue weighted by molar-refractivity contribution is 6.01. The summed E-state index contributed by atoms with van der Waals surface area (Å²) in [6, 6.07) is 10.5. The molecule has 2 aromatic carbocycles. The summed E-state index contributed by atoms with van der Waals surface area (Å²) < 4.78 is 10.3. The van der Waals surface area contributed by atoms with Gasteiger partial charge in [0.1, 0.15) is 12.4 Å². The molecule has 0 spiro atoms. The Kier molecular flexibility index (Phi) is 7.96. The SMILES string of the molecule is C=C(COC(C)=O)N(NC(=O)c1cccc(OC)c1CC)C(=O)c1cc(C)cc(C)c1. The number of aryl methyl sites for hydroxylation is 2. The van der Waals surface area contributed by atoms with Gasteiger partial charge in [-0.05, 0) is 44.5 Å². The maximum atomic E-state index is 13.3. The van der Waals surface area contributed by atoms with E-state index in [9.17, 15) is 14.4 Å². The van der Waals surface area contributed by atoms with Crippen molar-refractivity contribution in [2.24, 2.45) is 0 Å². The number of hydrogen-bond acceptors (Lipinski definition) is 5. The molecule has 0 bridgehead atoms. The molecule has 0 heterocycles. The largest absolute Gasteiger partial charge is 0.496 e. The third-order valence-corrected chi connectivity index (χ3v) is 4.59. The van der Waals surface area contributed by atoms with Crippen LogP contribution in [0.5, 0.6) is 5.75 Å². The van der Waals surface area contributed by atoms with Gasteiger partial charge in [0.15, 0.2) is 0 Å². The number of ether oxygens (including phenoxy) is 2. The minimum atomic E-state index is -0.521. The first-order valence-corrected chi connectivity index (χ1v) is 9.88. The van der Waals surface area contributed by atoms with Gasteiger partial charge < -0.3 is 9.47 Å². The zero-order chi connectivity index (χ0) is 23.1. The van der Waals surface area contributed by atoms with E-state index in [0.717, 1.165) is 16.1 Å². The number of methoxy groups -OCH3 is 1. The van der Waals surface area contributed by atoms with Gasteiger partial charge in [-0.15, -0.1) is 0 Å². The van der Waals surface area contributed by atoms with Crippen LogP contribution in [0.1, 0.15) is 51.3 Å². The number of amides is 2. The minimum absolute atomic E-state index is 0.119. The minimum Gasteiger partial charge on any atom is -0.496 e. The topological polar surface area (TPSA) is 84.9 Å². The normalized spacial score (nSPS) is 10.2. The van der Waals surface area contributed by atoms with Crippen LogP contribution in [-0.2, 0) is 16.0 Å². The Labute approximate surface area is 182 Å². The molecule has 1 N–H and O–H groups in total. The maximum Gasteiger partial charge on any atom is 0.303 e. The molecule has 0 aliphatic carbocycles. The summed E-state index contributed by atoms with van der Waals surface area (Å²) >= 11 is 0. The van der Waals surface area contributed by atoms with Crippen LogP contribution < -0.4 is 10.2 Å². The van der Waals surface area contributed by atoms with Gasteiger partial charge in [-0.3, -0.25) is 19.8 Å². The second-order valence-corrected chi connectivity index (χ2v) is 7.14. The van der Waals surface area contributed by atoms with Crippen molar-refractivity contribution in [1.29, 1.82) is 0 Å². The first kappa shape index (κ1) is 23.7. The van der Waals surface area contributed by atoms with Gasteiger partial charge >= 0.3 is 5.97 Å². The number of hydrogen-bond donors (Lipinski definition) is 1. The Balaban J connectivity index is 2.41. The monoisotopic (exact) mass is 424 g/mol. The van der Waals surface area contributed by atoms with Crippen LogP contribution in [0.25, 0.3) is 0 Å². The van der Waals surface area contributed by atoms with Gasteiger partial charge in [-0.2, -0.15) is 0 Å². The summed E-state index contributed by atoms with van der Waals surface area (Å²) in [7, 11) is 1.53. The van der Waals surface area contributed by atoms with Gasteiger partial charge in [0.25, 0.3) is 11.8 Å². The molecule has 0 aromatic heterocycles. The zero-order valence-electron chi connectivity index (χ0n) is 18.6. The molecular formula is C24H28N2O5. The molecule has 0 aliphatic rings. The lowest BCUT2D eigenvalue weighted by molar-refractivity contribution is -0.140. The highest BCUT2D eigenvalue weighted by Crippen LogP contribution is 2.23. The third-order valence-electron chi connectivity index (χ3n) is 4.59.